The van der Waals surface area contributed by atoms with E-state index in [9.17, 15) is 37.2 Å². The molecule has 2 saturated heterocycles. The number of nitrogens with one attached hydrogen (secondary N) is 2. The molecular weight excluding hydrogens is 450 g/mol. The van der Waals surface area contributed by atoms with Gasteiger partial charge in [-0.2, -0.15) is 5.26 Å². The highest BCUT2D eigenvalue weighted by atomic mass is 32.2. The van der Waals surface area contributed by atoms with Gasteiger partial charge in [0.15, 0.2) is 11.6 Å². The first kappa shape index (κ1) is 22.3. The number of carbonyl (C=O) groups is 2. The van der Waals surface area contributed by atoms with E-state index >= 15 is 0 Å². The first-order valence-electron chi connectivity index (χ1n) is 9.71. The van der Waals surface area contributed by atoms with Gasteiger partial charge in [0.05, 0.1) is 31.1 Å². The number of anilines is 1. The number of amides is 3. The van der Waals surface area contributed by atoms with Crippen molar-refractivity contribution >= 4 is 27.6 Å². The Balaban J connectivity index is 1.51. The van der Waals surface area contributed by atoms with Gasteiger partial charge in [-0.05, 0) is 19.1 Å². The lowest BCUT2D eigenvalue weighted by Crippen LogP contribution is -2.60. The number of piperazine rings is 1. The Morgan fingerprint density at radius 1 is 1.44 bits per heavy atom. The maximum Gasteiger partial charge on any atom is 0.336 e. The Morgan fingerprint density at radius 2 is 2.16 bits per heavy atom. The van der Waals surface area contributed by atoms with Crippen LogP contribution >= 0.6 is 0 Å². The molecule has 1 aromatic carbocycles. The molecule has 11 nitrogen and oxygen atoms in total. The van der Waals surface area contributed by atoms with E-state index in [0.29, 0.717) is 19.3 Å². The number of hydrogen-bond donors (Lipinski definition) is 3. The molecule has 4 rings (SSSR count). The summed E-state index contributed by atoms with van der Waals surface area (Å²) in [7, 11) is -4.84. The van der Waals surface area contributed by atoms with Gasteiger partial charge in [-0.15, -0.1) is 0 Å². The van der Waals surface area contributed by atoms with E-state index in [-0.39, 0.29) is 22.4 Å². The van der Waals surface area contributed by atoms with E-state index in [4.69, 9.17) is 0 Å². The molecule has 32 heavy (non-hydrogen) atoms. The van der Waals surface area contributed by atoms with E-state index < -0.39 is 63.4 Å². The van der Waals surface area contributed by atoms with Crippen LogP contribution < -0.4 is 10.6 Å². The summed E-state index contributed by atoms with van der Waals surface area (Å²) in [5.74, 6) is -3.99. The third-order valence-electron chi connectivity index (χ3n) is 6.05. The van der Waals surface area contributed by atoms with Crippen LogP contribution in [-0.4, -0.2) is 90.1 Å². The molecule has 1 aromatic rings. The van der Waals surface area contributed by atoms with Crippen molar-refractivity contribution in [1.29, 1.82) is 5.26 Å². The van der Waals surface area contributed by atoms with Crippen LogP contribution in [0.4, 0.5) is 19.3 Å². The number of carbonyl (C=O) groups excluding carboxylic acids is 2. The number of nitriles is 1. The number of rotatable bonds is 5. The Morgan fingerprint density at radius 3 is 2.78 bits per heavy atom. The van der Waals surface area contributed by atoms with Crippen molar-refractivity contribution < 1.29 is 31.9 Å². The van der Waals surface area contributed by atoms with E-state index in [1.165, 1.54) is 0 Å². The molecule has 0 saturated carbocycles. The molecular formula is C18H20F2N6O5S. The Hall–Kier alpha value is -2.86. The number of halogens is 2. The Kier molecular flexibility index (Phi) is 5.53. The molecule has 172 valence electrons. The number of aliphatic hydroxyl groups excluding tert-OH is 1. The number of fused-ring (bicyclic) bond motifs is 3. The van der Waals surface area contributed by atoms with Crippen LogP contribution in [0.2, 0.25) is 0 Å². The summed E-state index contributed by atoms with van der Waals surface area (Å²) in [6, 6.07) is 0.971. The number of urea groups is 1. The van der Waals surface area contributed by atoms with Crippen molar-refractivity contribution in [3.05, 3.63) is 23.8 Å². The molecule has 3 N–H and O–H groups in total. The van der Waals surface area contributed by atoms with E-state index in [1.807, 2.05) is 16.7 Å². The third-order valence-corrected chi connectivity index (χ3v) is 7.84. The topological polar surface area (TPSA) is 146 Å². The monoisotopic (exact) mass is 470 g/mol. The summed E-state index contributed by atoms with van der Waals surface area (Å²) in [6.45, 7) is 1.30. The smallest absolute Gasteiger partial charge is 0.336 e. The number of sulfonamides is 1. The summed E-state index contributed by atoms with van der Waals surface area (Å²) in [4.78, 5) is 27.7. The summed E-state index contributed by atoms with van der Waals surface area (Å²) in [5.41, 5.74) is -0.427. The molecule has 3 aliphatic heterocycles. The minimum absolute atomic E-state index is 0.112. The minimum Gasteiger partial charge on any atom is -0.394 e. The molecule has 2 fully saturated rings. The van der Waals surface area contributed by atoms with E-state index in [1.54, 1.807) is 0 Å². The molecule has 2 bridgehead atoms. The molecule has 6 atom stereocenters. The summed E-state index contributed by atoms with van der Waals surface area (Å²) >= 11 is 0. The summed E-state index contributed by atoms with van der Waals surface area (Å²) in [5, 5.41) is 23.7. The van der Waals surface area contributed by atoms with Crippen molar-refractivity contribution in [2.45, 2.75) is 36.0 Å². The van der Waals surface area contributed by atoms with Crippen LogP contribution in [0.3, 0.4) is 0 Å². The highest BCUT2D eigenvalue weighted by molar-refractivity contribution is 7.90. The maximum atomic E-state index is 14.2. The standard InChI is InChI=1S/C18H20F2N6O5S/c1-9-16(24-5-10(4-21)25(9)8-24)13(7-27)22-14(28)6-26-18(29)23-12-3-2-11(19)15(20)17(12)32(26,30)31/h2-3,9-10,13,16,27H,5-8H2,1H3,(H,22,28)(H,23,29)/t9?,10?,13-,16?/m0/s1. The molecule has 0 aliphatic carbocycles. The molecule has 14 heteroatoms. The lowest BCUT2D eigenvalue weighted by molar-refractivity contribution is -0.122. The van der Waals surface area contributed by atoms with Crippen LogP contribution in [0.15, 0.2) is 17.0 Å². The molecule has 3 amide bonds. The fraction of sp³-hybridized carbons (Fsp3) is 0.500. The number of benzene rings is 1. The highest BCUT2D eigenvalue weighted by Gasteiger charge is 2.50. The van der Waals surface area contributed by atoms with Gasteiger partial charge >= 0.3 is 6.03 Å². The normalized spacial score (nSPS) is 30.9. The SMILES string of the molecule is CC1C([C@H](CO)NC(=O)CN2C(=O)Nc3ccc(F)c(F)c3S2(=O)=O)N2CC(C#N)N1C2. The van der Waals surface area contributed by atoms with Crippen LogP contribution in [0.25, 0.3) is 0 Å². The Labute approximate surface area is 182 Å². The average molecular weight is 470 g/mol. The van der Waals surface area contributed by atoms with Crippen molar-refractivity contribution in [3.8, 4) is 6.07 Å². The van der Waals surface area contributed by atoms with Crippen molar-refractivity contribution in [3.63, 3.8) is 0 Å². The quantitative estimate of drug-likeness (QED) is 0.508. The number of nitrogens with zero attached hydrogens (tertiary/aromatic N) is 4. The fourth-order valence-corrected chi connectivity index (χ4v) is 6.08. The fourth-order valence-electron chi connectivity index (χ4n) is 4.59. The van der Waals surface area contributed by atoms with Crippen LogP contribution in [0.1, 0.15) is 6.92 Å². The zero-order valence-electron chi connectivity index (χ0n) is 16.8. The van der Waals surface area contributed by atoms with E-state index in [0.717, 1.165) is 6.07 Å². The zero-order valence-corrected chi connectivity index (χ0v) is 17.6. The summed E-state index contributed by atoms with van der Waals surface area (Å²) in [6.07, 6.45) is 0. The van der Waals surface area contributed by atoms with Crippen molar-refractivity contribution in [1.82, 2.24) is 19.4 Å². The van der Waals surface area contributed by atoms with Gasteiger partial charge in [0.25, 0.3) is 10.0 Å². The van der Waals surface area contributed by atoms with Gasteiger partial charge in [-0.1, -0.05) is 0 Å². The molecule has 0 aromatic heterocycles. The maximum absolute atomic E-state index is 14.2. The zero-order chi connectivity index (χ0) is 23.4. The second kappa shape index (κ2) is 7.93. The average Bonchev–Trinajstić information content (AvgIpc) is 3.29. The third kappa shape index (κ3) is 3.37. The van der Waals surface area contributed by atoms with Gasteiger partial charge < -0.3 is 15.7 Å². The molecule has 0 radical (unpaired) electrons. The Bertz CT molecular complexity index is 1120. The first-order valence-corrected chi connectivity index (χ1v) is 11.2. The van der Waals surface area contributed by atoms with Gasteiger partial charge in [0.2, 0.25) is 5.91 Å². The molecule has 0 spiro atoms. The first-order chi connectivity index (χ1) is 15.1. The molecule has 3 aliphatic rings. The van der Waals surface area contributed by atoms with Crippen LogP contribution in [0.5, 0.6) is 0 Å². The van der Waals surface area contributed by atoms with Crippen molar-refractivity contribution in [2.75, 3.05) is 31.7 Å². The predicted octanol–water partition coefficient (Wildman–Crippen LogP) is -0.784. The predicted molar refractivity (Wildman–Crippen MR) is 104 cm³/mol. The van der Waals surface area contributed by atoms with Gasteiger partial charge in [-0.3, -0.25) is 14.6 Å². The van der Waals surface area contributed by atoms with Crippen molar-refractivity contribution in [2.24, 2.45) is 0 Å². The van der Waals surface area contributed by atoms with Crippen LogP contribution in [-0.2, 0) is 14.8 Å². The molecule has 5 unspecified atom stereocenters. The van der Waals surface area contributed by atoms with Gasteiger partial charge in [0, 0.05) is 18.6 Å². The second-order valence-electron chi connectivity index (χ2n) is 7.84. The number of hydrogen-bond acceptors (Lipinski definition) is 8. The molecule has 3 heterocycles. The largest absolute Gasteiger partial charge is 0.394 e. The number of aliphatic hydroxyl groups is 1. The van der Waals surface area contributed by atoms with E-state index in [2.05, 4.69) is 16.7 Å². The van der Waals surface area contributed by atoms with Gasteiger partial charge in [0.1, 0.15) is 17.5 Å². The second-order valence-corrected chi connectivity index (χ2v) is 9.64. The minimum atomic E-state index is -4.84. The van der Waals surface area contributed by atoms with Gasteiger partial charge in [-0.25, -0.2) is 26.3 Å². The lowest BCUT2D eigenvalue weighted by atomic mass is 9.97. The summed E-state index contributed by atoms with van der Waals surface area (Å²) < 4.78 is 53.4. The van der Waals surface area contributed by atoms with Crippen LogP contribution in [0, 0.1) is 23.0 Å². The highest BCUT2D eigenvalue weighted by Crippen LogP contribution is 2.34. The lowest BCUT2D eigenvalue weighted by Gasteiger charge is -2.38.